The Bertz CT molecular complexity index is 737. The zero-order chi connectivity index (χ0) is 20.0. The Labute approximate surface area is 158 Å². The van der Waals surface area contributed by atoms with E-state index in [0.717, 1.165) is 0 Å². The van der Waals surface area contributed by atoms with Crippen LogP contribution in [0.3, 0.4) is 0 Å². The Balaban J connectivity index is 2.05. The number of aliphatic hydroxyl groups is 2. The van der Waals surface area contributed by atoms with E-state index >= 15 is 0 Å². The maximum absolute atomic E-state index is 12.4. The average Bonchev–Trinajstić information content (AvgIpc) is 3.08. The molecule has 0 aromatic heterocycles. The summed E-state index contributed by atoms with van der Waals surface area (Å²) in [4.78, 5) is 24.6. The van der Waals surface area contributed by atoms with Crippen molar-refractivity contribution in [2.45, 2.75) is 63.6 Å². The Morgan fingerprint density at radius 3 is 2.81 bits per heavy atom. The van der Waals surface area contributed by atoms with E-state index in [4.69, 9.17) is 14.2 Å². The van der Waals surface area contributed by atoms with Crippen molar-refractivity contribution in [1.29, 1.82) is 0 Å². The van der Waals surface area contributed by atoms with Crippen molar-refractivity contribution >= 4 is 11.9 Å². The predicted molar refractivity (Wildman–Crippen MR) is 95.3 cm³/mol. The maximum Gasteiger partial charge on any atom is 0.334 e. The predicted octanol–water partition coefficient (Wildman–Crippen LogP) is 1.54. The highest BCUT2D eigenvalue weighted by Gasteiger charge is 2.54. The highest BCUT2D eigenvalue weighted by molar-refractivity contribution is 5.92. The minimum absolute atomic E-state index is 0.206. The lowest BCUT2D eigenvalue weighted by atomic mass is 9.81. The number of ether oxygens (including phenoxy) is 3. The van der Waals surface area contributed by atoms with E-state index in [2.05, 4.69) is 6.58 Å². The third-order valence-corrected chi connectivity index (χ3v) is 5.75. The number of esters is 2. The van der Waals surface area contributed by atoms with Crippen LogP contribution in [0.15, 0.2) is 35.5 Å². The Kier molecular flexibility index (Phi) is 5.05. The SMILES string of the molecule is C=C1C(=O)O[C@H]2/C=C(/CO)[C@@]3(O)CC[C@@](C)(C[C@@H](OC(=O)/C(C)=C\C)[C@@H]12)O3. The molecule has 0 amide bonds. The number of allylic oxidation sites excluding steroid dienone is 1. The fourth-order valence-electron chi connectivity index (χ4n) is 4.01. The van der Waals surface area contributed by atoms with Crippen LogP contribution < -0.4 is 0 Å². The molecule has 3 aliphatic heterocycles. The molecule has 3 aliphatic rings. The van der Waals surface area contributed by atoms with Gasteiger partial charge in [0.05, 0.1) is 18.1 Å². The van der Waals surface area contributed by atoms with Crippen molar-refractivity contribution in [3.63, 3.8) is 0 Å². The summed E-state index contributed by atoms with van der Waals surface area (Å²) in [6.07, 6.45) is 2.69. The molecule has 0 aromatic carbocycles. The van der Waals surface area contributed by atoms with Gasteiger partial charge in [0, 0.05) is 29.6 Å². The molecule has 0 spiro atoms. The number of fused-ring (bicyclic) bond motifs is 3. The summed E-state index contributed by atoms with van der Waals surface area (Å²) in [6.45, 7) is 8.59. The lowest BCUT2D eigenvalue weighted by Crippen LogP contribution is -2.40. The lowest BCUT2D eigenvalue weighted by Gasteiger charge is -2.33. The molecule has 7 nitrogen and oxygen atoms in total. The van der Waals surface area contributed by atoms with Gasteiger partial charge >= 0.3 is 11.9 Å². The summed E-state index contributed by atoms with van der Waals surface area (Å²) in [5.74, 6) is -3.32. The number of hydrogen-bond acceptors (Lipinski definition) is 7. The number of carbonyl (C=O) groups is 2. The van der Waals surface area contributed by atoms with Gasteiger partial charge in [-0.3, -0.25) is 0 Å². The van der Waals surface area contributed by atoms with Crippen LogP contribution in [0, 0.1) is 5.92 Å². The molecule has 0 saturated carbocycles. The lowest BCUT2D eigenvalue weighted by molar-refractivity contribution is -0.205. The van der Waals surface area contributed by atoms with E-state index in [9.17, 15) is 19.8 Å². The summed E-state index contributed by atoms with van der Waals surface area (Å²) in [7, 11) is 0. The van der Waals surface area contributed by atoms with Gasteiger partial charge in [0.15, 0.2) is 5.79 Å². The first-order valence-electron chi connectivity index (χ1n) is 9.11. The van der Waals surface area contributed by atoms with E-state index in [1.807, 2.05) is 6.92 Å². The van der Waals surface area contributed by atoms with Gasteiger partial charge in [0.25, 0.3) is 0 Å². The normalized spacial score (nSPS) is 41.0. The first kappa shape index (κ1) is 19.8. The number of rotatable bonds is 3. The van der Waals surface area contributed by atoms with Gasteiger partial charge in [-0.15, -0.1) is 0 Å². The molecule has 2 fully saturated rings. The molecule has 3 rings (SSSR count). The van der Waals surface area contributed by atoms with Crippen molar-refractivity contribution in [3.05, 3.63) is 35.5 Å². The third kappa shape index (κ3) is 3.47. The molecule has 27 heavy (non-hydrogen) atoms. The van der Waals surface area contributed by atoms with Crippen LogP contribution in [-0.4, -0.2) is 52.4 Å². The molecule has 0 unspecified atom stereocenters. The molecule has 0 aromatic rings. The van der Waals surface area contributed by atoms with Crippen LogP contribution in [0.5, 0.6) is 0 Å². The quantitative estimate of drug-likeness (QED) is 0.436. The monoisotopic (exact) mass is 378 g/mol. The first-order chi connectivity index (χ1) is 12.6. The van der Waals surface area contributed by atoms with E-state index in [-0.39, 0.29) is 24.0 Å². The Morgan fingerprint density at radius 1 is 1.48 bits per heavy atom. The summed E-state index contributed by atoms with van der Waals surface area (Å²) in [6, 6.07) is 0. The van der Waals surface area contributed by atoms with Gasteiger partial charge in [-0.1, -0.05) is 12.7 Å². The van der Waals surface area contributed by atoms with Gasteiger partial charge < -0.3 is 24.4 Å². The van der Waals surface area contributed by atoms with Gasteiger partial charge in [0.2, 0.25) is 0 Å². The fraction of sp³-hybridized carbons (Fsp3) is 0.600. The molecule has 2 saturated heterocycles. The second-order valence-corrected chi connectivity index (χ2v) is 7.73. The van der Waals surface area contributed by atoms with Gasteiger partial charge in [0.1, 0.15) is 12.2 Å². The molecular weight excluding hydrogens is 352 g/mol. The van der Waals surface area contributed by atoms with Gasteiger partial charge in [-0.25, -0.2) is 9.59 Å². The Morgan fingerprint density at radius 2 is 2.19 bits per heavy atom. The molecule has 0 aliphatic carbocycles. The van der Waals surface area contributed by atoms with E-state index in [1.165, 1.54) is 6.08 Å². The highest BCUT2D eigenvalue weighted by Crippen LogP contribution is 2.47. The summed E-state index contributed by atoms with van der Waals surface area (Å²) >= 11 is 0. The standard InChI is InChI=1S/C20H26O7/c1-5-11(2)17(22)26-15-9-19(4)6-7-20(24,27-19)13(10-21)8-14-16(15)12(3)18(23)25-14/h5,8,14-16,21,24H,3,6-7,9-10H2,1-2,4H3/b11-5-,13-8-/t14-,15+,16-,19-,20+/m0/s1. The van der Waals surface area contributed by atoms with Gasteiger partial charge in [-0.2, -0.15) is 0 Å². The molecule has 0 radical (unpaired) electrons. The molecule has 5 atom stereocenters. The van der Waals surface area contributed by atoms with Crippen LogP contribution in [0.4, 0.5) is 0 Å². The topological polar surface area (TPSA) is 102 Å². The highest BCUT2D eigenvalue weighted by atomic mass is 16.6. The first-order valence-corrected chi connectivity index (χ1v) is 9.11. The second kappa shape index (κ2) is 6.89. The Hall–Kier alpha value is -1.96. The van der Waals surface area contributed by atoms with Crippen molar-refractivity contribution in [2.24, 2.45) is 5.92 Å². The van der Waals surface area contributed by atoms with E-state index < -0.39 is 48.1 Å². The summed E-state index contributed by atoms with van der Waals surface area (Å²) in [5.41, 5.74) is 0.0968. The zero-order valence-electron chi connectivity index (χ0n) is 15.9. The minimum Gasteiger partial charge on any atom is -0.458 e. The number of hydrogen-bond donors (Lipinski definition) is 2. The summed E-state index contributed by atoms with van der Waals surface area (Å²) in [5, 5.41) is 20.7. The van der Waals surface area contributed by atoms with Crippen molar-refractivity contribution in [1.82, 2.24) is 0 Å². The fourth-order valence-corrected chi connectivity index (χ4v) is 4.01. The summed E-state index contributed by atoms with van der Waals surface area (Å²) < 4.78 is 17.1. The van der Waals surface area contributed by atoms with E-state index in [1.54, 1.807) is 19.9 Å². The van der Waals surface area contributed by atoms with Crippen LogP contribution in [-0.2, 0) is 23.8 Å². The van der Waals surface area contributed by atoms with Crippen LogP contribution in [0.1, 0.15) is 40.0 Å². The molecular formula is C20H26O7. The number of carbonyl (C=O) groups excluding carboxylic acids is 2. The molecule has 2 N–H and O–H groups in total. The molecule has 7 heteroatoms. The minimum atomic E-state index is -1.64. The largest absolute Gasteiger partial charge is 0.458 e. The van der Waals surface area contributed by atoms with Crippen molar-refractivity contribution < 1.29 is 34.0 Å². The smallest absolute Gasteiger partial charge is 0.334 e. The number of aliphatic hydroxyl groups excluding tert-OH is 1. The molecule has 3 heterocycles. The van der Waals surface area contributed by atoms with Crippen molar-refractivity contribution in [2.75, 3.05) is 6.61 Å². The average molecular weight is 378 g/mol. The zero-order valence-corrected chi connectivity index (χ0v) is 15.9. The van der Waals surface area contributed by atoms with Crippen LogP contribution >= 0.6 is 0 Å². The van der Waals surface area contributed by atoms with E-state index in [0.29, 0.717) is 12.0 Å². The molecule has 2 bridgehead atoms. The van der Waals surface area contributed by atoms with Gasteiger partial charge in [-0.05, 0) is 33.3 Å². The third-order valence-electron chi connectivity index (χ3n) is 5.75. The van der Waals surface area contributed by atoms with Crippen molar-refractivity contribution in [3.8, 4) is 0 Å². The van der Waals surface area contributed by atoms with Crippen LogP contribution in [0.2, 0.25) is 0 Å². The second-order valence-electron chi connectivity index (χ2n) is 7.73. The maximum atomic E-state index is 12.4. The van der Waals surface area contributed by atoms with Crippen LogP contribution in [0.25, 0.3) is 0 Å². The molecule has 148 valence electrons.